The molecule has 0 unspecified atom stereocenters. The Kier molecular flexibility index (Phi) is 8.04. The van der Waals surface area contributed by atoms with Gasteiger partial charge >= 0.3 is 6.03 Å². The Morgan fingerprint density at radius 3 is 2.36 bits per heavy atom. The Morgan fingerprint density at radius 2 is 1.62 bits per heavy atom. The number of aromatic nitrogens is 4. The molecule has 2 N–H and O–H groups in total. The summed E-state index contributed by atoms with van der Waals surface area (Å²) >= 11 is 6.51. The first-order valence-corrected chi connectivity index (χ1v) is 14.3. The van der Waals surface area contributed by atoms with Crippen molar-refractivity contribution in [3.63, 3.8) is 0 Å². The maximum Gasteiger partial charge on any atom is 0.320 e. The van der Waals surface area contributed by atoms with Gasteiger partial charge in [0.25, 0.3) is 0 Å². The van der Waals surface area contributed by atoms with E-state index in [0.29, 0.717) is 72.6 Å². The summed E-state index contributed by atoms with van der Waals surface area (Å²) in [6, 6.07) is 13.0. The smallest absolute Gasteiger partial charge is 0.320 e. The van der Waals surface area contributed by atoms with E-state index in [9.17, 15) is 4.79 Å². The molecule has 0 aliphatic carbocycles. The lowest BCUT2D eigenvalue weighted by molar-refractivity contribution is 0.159. The number of ether oxygens (including phenoxy) is 3. The molecule has 0 spiro atoms. The minimum absolute atomic E-state index is 0.112. The van der Waals surface area contributed by atoms with Gasteiger partial charge < -0.3 is 39.2 Å². The lowest BCUT2D eigenvalue weighted by Gasteiger charge is -2.36. The van der Waals surface area contributed by atoms with Gasteiger partial charge in [0.1, 0.15) is 11.6 Å². The van der Waals surface area contributed by atoms with Crippen LogP contribution in [0.2, 0.25) is 5.02 Å². The van der Waals surface area contributed by atoms with Crippen LogP contribution in [0.25, 0.3) is 11.0 Å². The molecule has 220 valence electrons. The number of benzene rings is 2. The third-order valence-electron chi connectivity index (χ3n) is 7.43. The number of piperazine rings is 1. The van der Waals surface area contributed by atoms with E-state index < -0.39 is 0 Å². The van der Waals surface area contributed by atoms with Gasteiger partial charge in [0.2, 0.25) is 11.8 Å². The van der Waals surface area contributed by atoms with Gasteiger partial charge in [-0.25, -0.2) is 9.78 Å². The van der Waals surface area contributed by atoms with Crippen molar-refractivity contribution in [2.24, 2.45) is 0 Å². The number of aromatic amines is 1. The molecule has 2 amide bonds. The van der Waals surface area contributed by atoms with Gasteiger partial charge in [-0.15, -0.1) is 0 Å². The van der Waals surface area contributed by atoms with Crippen LogP contribution in [0.4, 0.5) is 16.6 Å². The van der Waals surface area contributed by atoms with Crippen molar-refractivity contribution >= 4 is 40.4 Å². The molecule has 2 aromatic heterocycles. The van der Waals surface area contributed by atoms with E-state index in [4.69, 9.17) is 35.8 Å². The van der Waals surface area contributed by atoms with Crippen LogP contribution in [0.5, 0.6) is 23.1 Å². The molecule has 2 fully saturated rings. The van der Waals surface area contributed by atoms with Gasteiger partial charge in [-0.2, -0.15) is 9.97 Å². The third-order valence-corrected chi connectivity index (χ3v) is 7.72. The van der Waals surface area contributed by atoms with E-state index in [1.807, 2.05) is 34.1 Å². The van der Waals surface area contributed by atoms with Crippen molar-refractivity contribution in [2.75, 3.05) is 63.7 Å². The molecule has 0 radical (unpaired) electrons. The number of likely N-dealkylation sites (tertiary alicyclic amines) is 1. The maximum absolute atomic E-state index is 12.9. The monoisotopic (exact) mass is 592 g/mol. The number of hydrogen-bond donors (Lipinski definition) is 2. The van der Waals surface area contributed by atoms with Gasteiger partial charge in [-0.1, -0.05) is 23.7 Å². The van der Waals surface area contributed by atoms with E-state index in [-0.39, 0.29) is 6.03 Å². The molecule has 42 heavy (non-hydrogen) atoms. The fourth-order valence-corrected chi connectivity index (χ4v) is 5.39. The predicted octanol–water partition coefficient (Wildman–Crippen LogP) is 4.77. The highest BCUT2D eigenvalue weighted by Crippen LogP contribution is 2.39. The molecule has 4 aromatic rings. The number of H-pyrrole nitrogens is 1. The summed E-state index contributed by atoms with van der Waals surface area (Å²) in [6.07, 6.45) is 2.14. The van der Waals surface area contributed by atoms with Crippen molar-refractivity contribution in [3.8, 4) is 23.1 Å². The molecular formula is C29H33ClN8O4. The number of imidazole rings is 1. The Bertz CT molecular complexity index is 1530. The molecule has 13 heteroatoms. The highest BCUT2D eigenvalue weighted by molar-refractivity contribution is 6.32. The number of fused-ring (bicyclic) bond motifs is 1. The van der Waals surface area contributed by atoms with Crippen molar-refractivity contribution < 1.29 is 19.0 Å². The number of anilines is 2. The van der Waals surface area contributed by atoms with Crippen molar-refractivity contribution in [1.82, 2.24) is 29.7 Å². The second kappa shape index (κ2) is 12.2. The number of amides is 2. The third kappa shape index (κ3) is 5.94. The van der Waals surface area contributed by atoms with E-state index in [2.05, 4.69) is 20.2 Å². The molecule has 2 aliphatic heterocycles. The summed E-state index contributed by atoms with van der Waals surface area (Å²) in [5.74, 6) is 3.46. The molecular weight excluding hydrogens is 560 g/mol. The largest absolute Gasteiger partial charge is 0.493 e. The van der Waals surface area contributed by atoms with Crippen LogP contribution in [-0.4, -0.2) is 89.3 Å². The maximum atomic E-state index is 12.9. The van der Waals surface area contributed by atoms with E-state index in [0.717, 1.165) is 42.8 Å². The van der Waals surface area contributed by atoms with Gasteiger partial charge in [0.05, 0.1) is 36.8 Å². The van der Waals surface area contributed by atoms with Crippen LogP contribution in [0.3, 0.4) is 0 Å². The molecule has 0 bridgehead atoms. The Morgan fingerprint density at radius 1 is 0.905 bits per heavy atom. The summed E-state index contributed by atoms with van der Waals surface area (Å²) in [5.41, 5.74) is 1.86. The Hall–Kier alpha value is -4.45. The number of urea groups is 1. The SMILES string of the molecule is COc1cc(Cl)c(Oc2cc(NCc3nc4ccccc4[nH]3)nc(N3CCN(C(=O)N4CCCC4)CC3)n2)cc1OC. The molecule has 2 saturated heterocycles. The van der Waals surface area contributed by atoms with Crippen LogP contribution < -0.4 is 24.4 Å². The van der Waals surface area contributed by atoms with Crippen molar-refractivity contribution in [1.29, 1.82) is 0 Å². The predicted molar refractivity (Wildman–Crippen MR) is 160 cm³/mol. The van der Waals surface area contributed by atoms with Crippen LogP contribution in [-0.2, 0) is 6.54 Å². The van der Waals surface area contributed by atoms with Gasteiger partial charge in [0, 0.05) is 57.5 Å². The lowest BCUT2D eigenvalue weighted by atomic mass is 10.3. The van der Waals surface area contributed by atoms with Gasteiger partial charge in [0.15, 0.2) is 17.2 Å². The number of rotatable bonds is 8. The second-order valence-corrected chi connectivity index (χ2v) is 10.5. The second-order valence-electron chi connectivity index (χ2n) is 10.1. The van der Waals surface area contributed by atoms with E-state index >= 15 is 0 Å². The summed E-state index contributed by atoms with van der Waals surface area (Å²) in [5, 5.41) is 3.69. The van der Waals surface area contributed by atoms with Crippen LogP contribution in [0.1, 0.15) is 18.7 Å². The quantitative estimate of drug-likeness (QED) is 0.298. The standard InChI is InChI=1S/C29H33ClN8O4/c1-40-23-15-19(30)22(16-24(23)41-2)42-27-17-25(31-18-26-32-20-7-3-4-8-21(20)33-26)34-28(35-27)36-11-13-38(14-12-36)29(39)37-9-5-6-10-37/h3-4,7-8,15-17H,5-6,9-14,18H2,1-2H3,(H,32,33)(H,31,34,35). The van der Waals surface area contributed by atoms with Crippen LogP contribution >= 0.6 is 11.6 Å². The highest BCUT2D eigenvalue weighted by atomic mass is 35.5. The number of halogens is 1. The Balaban J connectivity index is 1.24. The van der Waals surface area contributed by atoms with Crippen molar-refractivity contribution in [2.45, 2.75) is 19.4 Å². The topological polar surface area (TPSA) is 121 Å². The lowest BCUT2D eigenvalue weighted by Crippen LogP contribution is -2.52. The molecule has 12 nitrogen and oxygen atoms in total. The first-order chi connectivity index (χ1) is 20.5. The fraction of sp³-hybridized carbons (Fsp3) is 0.379. The van der Waals surface area contributed by atoms with Crippen molar-refractivity contribution in [3.05, 3.63) is 53.3 Å². The first-order valence-electron chi connectivity index (χ1n) is 14.0. The molecule has 2 aromatic carbocycles. The molecule has 0 saturated carbocycles. The number of carbonyl (C=O) groups excluding carboxylic acids is 1. The number of methoxy groups -OCH3 is 2. The number of nitrogens with one attached hydrogen (secondary N) is 2. The van der Waals surface area contributed by atoms with Crippen LogP contribution in [0, 0.1) is 0 Å². The first kappa shape index (κ1) is 27.7. The summed E-state index contributed by atoms with van der Waals surface area (Å²) in [7, 11) is 3.09. The summed E-state index contributed by atoms with van der Waals surface area (Å²) in [4.78, 5) is 36.3. The fourth-order valence-electron chi connectivity index (χ4n) is 5.19. The number of hydrogen-bond acceptors (Lipinski definition) is 9. The van der Waals surface area contributed by atoms with Crippen LogP contribution in [0.15, 0.2) is 42.5 Å². The minimum Gasteiger partial charge on any atom is -0.493 e. The average Bonchev–Trinajstić information content (AvgIpc) is 3.71. The van der Waals surface area contributed by atoms with Gasteiger partial charge in [-0.05, 0) is 25.0 Å². The normalized spacial score (nSPS) is 15.3. The van der Waals surface area contributed by atoms with E-state index in [1.54, 1.807) is 32.4 Å². The summed E-state index contributed by atoms with van der Waals surface area (Å²) in [6.45, 7) is 4.47. The molecule has 4 heterocycles. The number of para-hydroxylation sites is 2. The molecule has 6 rings (SSSR count). The van der Waals surface area contributed by atoms with E-state index in [1.165, 1.54) is 0 Å². The Labute approximate surface area is 248 Å². The van der Waals surface area contributed by atoms with Gasteiger partial charge in [-0.3, -0.25) is 0 Å². The number of carbonyl (C=O) groups is 1. The molecule has 2 aliphatic rings. The number of nitrogens with zero attached hydrogens (tertiary/aromatic N) is 6. The molecule has 0 atom stereocenters. The zero-order valence-electron chi connectivity index (χ0n) is 23.6. The average molecular weight is 593 g/mol. The minimum atomic E-state index is 0.112. The highest BCUT2D eigenvalue weighted by Gasteiger charge is 2.28. The summed E-state index contributed by atoms with van der Waals surface area (Å²) < 4.78 is 16.9. The zero-order valence-corrected chi connectivity index (χ0v) is 24.4. The zero-order chi connectivity index (χ0) is 29.1.